The van der Waals surface area contributed by atoms with E-state index < -0.39 is 39.9 Å². The fourth-order valence-corrected chi connectivity index (χ4v) is 7.47. The molecule has 44 heavy (non-hydrogen) atoms. The molecular formula is C31H36N6O6S. The van der Waals surface area contributed by atoms with Crippen molar-refractivity contribution in [2.24, 2.45) is 7.05 Å². The van der Waals surface area contributed by atoms with Gasteiger partial charge in [-0.3, -0.25) is 14.4 Å². The van der Waals surface area contributed by atoms with Crippen LogP contribution in [-0.4, -0.2) is 52.5 Å². The van der Waals surface area contributed by atoms with Crippen molar-refractivity contribution >= 4 is 38.8 Å². The van der Waals surface area contributed by atoms with Crippen LogP contribution in [-0.2, 0) is 41.3 Å². The highest BCUT2D eigenvalue weighted by molar-refractivity contribution is 7.89. The Morgan fingerprint density at radius 2 is 1.80 bits per heavy atom. The summed E-state index contributed by atoms with van der Waals surface area (Å²) in [5, 5.41) is 15.8. The van der Waals surface area contributed by atoms with Crippen molar-refractivity contribution < 1.29 is 23.1 Å². The lowest BCUT2D eigenvalue weighted by Gasteiger charge is -2.18. The zero-order valence-corrected chi connectivity index (χ0v) is 25.9. The number of rotatable bonds is 10. The molecule has 5 N–H and O–H groups in total. The van der Waals surface area contributed by atoms with Gasteiger partial charge in [-0.15, -0.1) is 0 Å². The highest BCUT2D eigenvalue weighted by atomic mass is 32.2. The molecule has 1 aliphatic carbocycles. The normalized spacial score (nSPS) is 13.8. The number of carboxylic acid groups (broad SMARTS) is 1. The zero-order valence-electron chi connectivity index (χ0n) is 25.1. The second-order valence-electron chi connectivity index (χ2n) is 11.4. The molecule has 4 aromatic rings. The number of pyridine rings is 1. The van der Waals surface area contributed by atoms with Crippen molar-refractivity contribution in [3.8, 4) is 0 Å². The summed E-state index contributed by atoms with van der Waals surface area (Å²) in [5.74, 6) is -1.57. The summed E-state index contributed by atoms with van der Waals surface area (Å²) >= 11 is 0. The van der Waals surface area contributed by atoms with Gasteiger partial charge in [-0.25, -0.2) is 13.4 Å². The molecule has 1 atom stereocenters. The third kappa shape index (κ3) is 6.38. The number of hydrogen-bond donors (Lipinski definition) is 5. The number of aromatic nitrogens is 3. The molecule has 0 bridgehead atoms. The fraction of sp³-hybridized carbons (Fsp3) is 0.355. The number of carbonyl (C=O) groups excluding carboxylic acids is 1. The molecule has 1 unspecified atom stereocenters. The van der Waals surface area contributed by atoms with Gasteiger partial charge in [-0.2, -0.15) is 4.72 Å². The van der Waals surface area contributed by atoms with Crippen LogP contribution >= 0.6 is 0 Å². The topological polar surface area (TPSA) is 175 Å². The number of nitrogens with zero attached hydrogens (tertiary/aromatic N) is 2. The van der Waals surface area contributed by atoms with E-state index in [9.17, 15) is 27.9 Å². The van der Waals surface area contributed by atoms with Gasteiger partial charge in [0.2, 0.25) is 21.4 Å². The number of aryl methyl sites for hydroxylation is 6. The molecule has 0 fully saturated rings. The summed E-state index contributed by atoms with van der Waals surface area (Å²) in [5.41, 5.74) is 4.92. The minimum atomic E-state index is -4.23. The maximum Gasteiger partial charge on any atom is 0.323 e. The molecule has 2 aromatic carbocycles. The lowest BCUT2D eigenvalue weighted by Crippen LogP contribution is -2.49. The monoisotopic (exact) mass is 620 g/mol. The number of sulfonamides is 1. The Morgan fingerprint density at radius 1 is 1.09 bits per heavy atom. The number of hydrogen-bond acceptors (Lipinski definition) is 7. The number of benzene rings is 2. The minimum Gasteiger partial charge on any atom is -0.480 e. The molecule has 0 spiro atoms. The number of aromatic amines is 1. The van der Waals surface area contributed by atoms with E-state index in [0.29, 0.717) is 34.5 Å². The first kappa shape index (κ1) is 31.0. The molecule has 0 radical (unpaired) electrons. The molecule has 232 valence electrons. The Hall–Kier alpha value is -4.49. The van der Waals surface area contributed by atoms with Crippen LogP contribution in [0.2, 0.25) is 0 Å². The first-order valence-electron chi connectivity index (χ1n) is 14.4. The number of fused-ring (bicyclic) bond motifs is 2. The van der Waals surface area contributed by atoms with Gasteiger partial charge in [0.1, 0.15) is 11.6 Å². The van der Waals surface area contributed by atoms with Crippen LogP contribution in [0, 0.1) is 20.8 Å². The second kappa shape index (κ2) is 12.2. The summed E-state index contributed by atoms with van der Waals surface area (Å²) < 4.78 is 30.1. The van der Waals surface area contributed by atoms with Crippen molar-refractivity contribution in [1.82, 2.24) is 24.6 Å². The van der Waals surface area contributed by atoms with Crippen molar-refractivity contribution in [3.63, 3.8) is 0 Å². The van der Waals surface area contributed by atoms with Crippen molar-refractivity contribution in [2.45, 2.75) is 63.9 Å². The standard InChI is InChI=1S/C31H36N6O6S/c1-17-11-18(2)28(19(3)12-17)44(42,43)36-25(30(40)41)15-32-29(39)22-16-37(4)26-13-20(9-10-21(26)27(22)38)14-33-31-34-23-7-5-6-8-24(23)35-31/h9-13,16,25,36H,5-8,14-15H2,1-4H3,(H,32,39)(H,40,41)(H2,33,34,35). The summed E-state index contributed by atoms with van der Waals surface area (Å²) in [7, 11) is -2.52. The number of carbonyl (C=O) groups is 2. The van der Waals surface area contributed by atoms with Gasteiger partial charge in [0.05, 0.1) is 16.1 Å². The molecule has 12 nitrogen and oxygen atoms in total. The molecule has 1 aliphatic rings. The zero-order chi connectivity index (χ0) is 31.8. The van der Waals surface area contributed by atoms with E-state index in [4.69, 9.17) is 0 Å². The molecule has 1 amide bonds. The lowest BCUT2D eigenvalue weighted by atomic mass is 10.0. The number of anilines is 1. The van der Waals surface area contributed by atoms with E-state index in [1.54, 1.807) is 49.7 Å². The molecular weight excluding hydrogens is 584 g/mol. The Labute approximate surface area is 255 Å². The Bertz CT molecular complexity index is 1900. The van der Waals surface area contributed by atoms with Gasteiger partial charge in [0, 0.05) is 37.4 Å². The van der Waals surface area contributed by atoms with E-state index in [1.807, 2.05) is 13.0 Å². The van der Waals surface area contributed by atoms with Gasteiger partial charge in [0.15, 0.2) is 0 Å². The van der Waals surface area contributed by atoms with E-state index in [-0.39, 0.29) is 10.5 Å². The van der Waals surface area contributed by atoms with Crippen molar-refractivity contribution in [1.29, 1.82) is 0 Å². The van der Waals surface area contributed by atoms with E-state index in [0.717, 1.165) is 42.5 Å². The number of carboxylic acids is 1. The van der Waals surface area contributed by atoms with Crippen LogP contribution in [0.5, 0.6) is 0 Å². The van der Waals surface area contributed by atoms with Gasteiger partial charge >= 0.3 is 5.97 Å². The summed E-state index contributed by atoms with van der Waals surface area (Å²) in [6.45, 7) is 5.00. The Morgan fingerprint density at radius 3 is 2.48 bits per heavy atom. The molecule has 0 saturated carbocycles. The SMILES string of the molecule is Cc1cc(C)c(S(=O)(=O)NC(CNC(=O)c2cn(C)c3cc(CNc4nc5c([nH]4)CCCC5)ccc3c2=O)C(=O)O)c(C)c1. The number of imidazole rings is 1. The lowest BCUT2D eigenvalue weighted by molar-refractivity contribution is -0.138. The maximum atomic E-state index is 13.3. The third-order valence-electron chi connectivity index (χ3n) is 7.85. The van der Waals surface area contributed by atoms with Crippen molar-refractivity contribution in [2.75, 3.05) is 11.9 Å². The van der Waals surface area contributed by atoms with E-state index >= 15 is 0 Å². The average Bonchev–Trinajstić information content (AvgIpc) is 3.38. The summed E-state index contributed by atoms with van der Waals surface area (Å²) in [6, 6.07) is 7.03. The molecule has 13 heteroatoms. The molecule has 5 rings (SSSR count). The first-order valence-corrected chi connectivity index (χ1v) is 15.9. The predicted molar refractivity (Wildman–Crippen MR) is 166 cm³/mol. The predicted octanol–water partition coefficient (Wildman–Crippen LogP) is 2.84. The van der Waals surface area contributed by atoms with E-state index in [2.05, 4.69) is 25.3 Å². The Balaban J connectivity index is 1.29. The number of amides is 1. The second-order valence-corrected chi connectivity index (χ2v) is 13.0. The first-order chi connectivity index (χ1) is 20.8. The number of H-pyrrole nitrogens is 1. The maximum absolute atomic E-state index is 13.3. The highest BCUT2D eigenvalue weighted by Crippen LogP contribution is 2.23. The number of aliphatic carboxylic acids is 1. The molecule has 0 aliphatic heterocycles. The van der Waals surface area contributed by atoms with Gasteiger partial charge in [-0.05, 0) is 75.3 Å². The minimum absolute atomic E-state index is 0.0121. The Kier molecular flexibility index (Phi) is 8.62. The van der Waals surface area contributed by atoms with Crippen LogP contribution in [0.3, 0.4) is 0 Å². The van der Waals surface area contributed by atoms with Crippen LogP contribution < -0.4 is 20.8 Å². The van der Waals surface area contributed by atoms with Gasteiger partial charge in [-0.1, -0.05) is 23.8 Å². The fourth-order valence-electron chi connectivity index (χ4n) is 5.83. The number of nitrogens with one attached hydrogen (secondary N) is 4. The third-order valence-corrected chi connectivity index (χ3v) is 9.63. The smallest absolute Gasteiger partial charge is 0.323 e. The van der Waals surface area contributed by atoms with Crippen LogP contribution in [0.15, 0.2) is 46.2 Å². The van der Waals surface area contributed by atoms with Crippen molar-refractivity contribution in [3.05, 3.63) is 86.0 Å². The van der Waals surface area contributed by atoms with Crippen LogP contribution in [0.4, 0.5) is 5.95 Å². The highest BCUT2D eigenvalue weighted by Gasteiger charge is 2.29. The van der Waals surface area contributed by atoms with E-state index in [1.165, 1.54) is 11.9 Å². The molecule has 2 aromatic heterocycles. The van der Waals surface area contributed by atoms with Crippen LogP contribution in [0.1, 0.15) is 56.8 Å². The largest absolute Gasteiger partial charge is 0.480 e. The molecule has 0 saturated heterocycles. The quantitative estimate of drug-likeness (QED) is 0.180. The van der Waals surface area contributed by atoms with Gasteiger partial charge < -0.3 is 25.3 Å². The van der Waals surface area contributed by atoms with Crippen LogP contribution in [0.25, 0.3) is 10.9 Å². The van der Waals surface area contributed by atoms with Gasteiger partial charge in [0.25, 0.3) is 5.91 Å². The summed E-state index contributed by atoms with van der Waals surface area (Å²) in [6.07, 6.45) is 5.65. The summed E-state index contributed by atoms with van der Waals surface area (Å²) in [4.78, 5) is 46.3. The molecule has 2 heterocycles. The average molecular weight is 621 g/mol.